The van der Waals surface area contributed by atoms with Crippen molar-refractivity contribution >= 4 is 34.4 Å². The molecule has 8 nitrogen and oxygen atoms in total. The molecule has 192 valence electrons. The van der Waals surface area contributed by atoms with Crippen molar-refractivity contribution in [1.29, 1.82) is 0 Å². The van der Waals surface area contributed by atoms with Crippen molar-refractivity contribution in [3.8, 4) is 16.3 Å². The van der Waals surface area contributed by atoms with Gasteiger partial charge in [0.2, 0.25) is 5.88 Å². The maximum absolute atomic E-state index is 14.7. The second-order valence-corrected chi connectivity index (χ2v) is 10.6. The molecule has 0 radical (unpaired) electrons. The van der Waals surface area contributed by atoms with Crippen molar-refractivity contribution in [2.45, 2.75) is 44.1 Å². The van der Waals surface area contributed by atoms with Gasteiger partial charge in [-0.1, -0.05) is 18.2 Å². The largest absolute Gasteiger partial charge is 0.463 e. The number of benzene rings is 1. The first kappa shape index (κ1) is 23.7. The van der Waals surface area contributed by atoms with Gasteiger partial charge in [0.05, 0.1) is 21.7 Å². The number of carbonyl (C=O) groups excluding carboxylic acids is 2. The molecule has 1 saturated heterocycles. The third-order valence-electron chi connectivity index (χ3n) is 7.08. The summed E-state index contributed by atoms with van der Waals surface area (Å²) in [5.41, 5.74) is 2.16. The highest BCUT2D eigenvalue weighted by Crippen LogP contribution is 2.45. The molecule has 6 rings (SSSR count). The van der Waals surface area contributed by atoms with Crippen molar-refractivity contribution in [3.63, 3.8) is 0 Å². The normalized spacial score (nSPS) is 17.8. The fourth-order valence-corrected chi connectivity index (χ4v) is 6.14. The molecule has 4 heterocycles. The topological polar surface area (TPSA) is 89.6 Å². The number of thiazole rings is 1. The van der Waals surface area contributed by atoms with E-state index >= 15 is 0 Å². The predicted octanol–water partition coefficient (Wildman–Crippen LogP) is 5.69. The Labute approximate surface area is 217 Å². The first-order valence-corrected chi connectivity index (χ1v) is 13.4. The fourth-order valence-electron chi connectivity index (χ4n) is 4.89. The summed E-state index contributed by atoms with van der Waals surface area (Å²) in [6.45, 7) is 0.807. The van der Waals surface area contributed by atoms with Crippen molar-refractivity contribution in [3.05, 3.63) is 59.2 Å². The van der Waals surface area contributed by atoms with Crippen LogP contribution in [0.4, 0.5) is 9.18 Å². The Morgan fingerprint density at radius 3 is 2.84 bits per heavy atom. The number of aromatic nitrogens is 2. The molecule has 4 aromatic rings. The van der Waals surface area contributed by atoms with Crippen molar-refractivity contribution in [1.82, 2.24) is 19.8 Å². The zero-order chi connectivity index (χ0) is 25.5. The number of furan rings is 1. The molecule has 37 heavy (non-hydrogen) atoms. The predicted molar refractivity (Wildman–Crippen MR) is 137 cm³/mol. The number of hydrogen-bond acceptors (Lipinski definition) is 6. The Morgan fingerprint density at radius 1 is 1.22 bits per heavy atom. The molecule has 2 fully saturated rings. The molecule has 1 aliphatic heterocycles. The van der Waals surface area contributed by atoms with E-state index in [2.05, 4.69) is 5.32 Å². The quantitative estimate of drug-likeness (QED) is 0.351. The van der Waals surface area contributed by atoms with E-state index in [1.165, 1.54) is 17.4 Å². The molecule has 1 aliphatic carbocycles. The number of likely N-dealkylation sites (tertiary alicyclic amines) is 1. The number of hydrogen-bond donors (Lipinski definition) is 1. The molecule has 1 saturated carbocycles. The second-order valence-electron chi connectivity index (χ2n) is 9.61. The highest BCUT2D eigenvalue weighted by molar-refractivity contribution is 7.15. The fraction of sp³-hybridized carbons (Fsp3) is 0.370. The van der Waals surface area contributed by atoms with Crippen LogP contribution in [0, 0.1) is 5.82 Å². The maximum atomic E-state index is 14.7. The Hall–Kier alpha value is -3.66. The molecule has 2 amide bonds. The summed E-state index contributed by atoms with van der Waals surface area (Å²) in [7, 11) is 1.79. The lowest BCUT2D eigenvalue weighted by Gasteiger charge is -2.35. The first-order chi connectivity index (χ1) is 18.0. The summed E-state index contributed by atoms with van der Waals surface area (Å²) in [6.07, 6.45) is 5.63. The van der Waals surface area contributed by atoms with Crippen LogP contribution in [0.1, 0.15) is 53.5 Å². The van der Waals surface area contributed by atoms with Crippen LogP contribution in [0.3, 0.4) is 0 Å². The molecule has 0 unspecified atom stereocenters. The van der Waals surface area contributed by atoms with E-state index in [0.717, 1.165) is 42.6 Å². The van der Waals surface area contributed by atoms with Gasteiger partial charge in [-0.3, -0.25) is 4.79 Å². The average Bonchev–Trinajstić information content (AvgIpc) is 3.37. The smallest absolute Gasteiger partial charge is 0.413 e. The lowest BCUT2D eigenvalue weighted by atomic mass is 10.0. The Bertz CT molecular complexity index is 1470. The molecule has 10 heteroatoms. The van der Waals surface area contributed by atoms with Gasteiger partial charge < -0.3 is 23.9 Å². The van der Waals surface area contributed by atoms with Crippen molar-refractivity contribution in [2.75, 3.05) is 13.1 Å². The highest BCUT2D eigenvalue weighted by Gasteiger charge is 2.35. The Morgan fingerprint density at radius 2 is 2.05 bits per heavy atom. The van der Waals surface area contributed by atoms with Gasteiger partial charge >= 0.3 is 6.09 Å². The van der Waals surface area contributed by atoms with Crippen LogP contribution in [-0.2, 0) is 7.05 Å². The van der Waals surface area contributed by atoms with Crippen molar-refractivity contribution in [2.24, 2.45) is 7.05 Å². The second kappa shape index (κ2) is 9.66. The van der Waals surface area contributed by atoms with E-state index in [1.54, 1.807) is 53.1 Å². The van der Waals surface area contributed by atoms with Gasteiger partial charge in [-0.25, -0.2) is 14.2 Å². The maximum Gasteiger partial charge on any atom is 0.413 e. The third-order valence-corrected chi connectivity index (χ3v) is 8.33. The molecule has 3 aromatic heterocycles. The van der Waals surface area contributed by atoms with Crippen LogP contribution >= 0.6 is 11.3 Å². The Kier molecular flexibility index (Phi) is 6.19. The lowest BCUT2D eigenvalue weighted by molar-refractivity contribution is 0.0606. The minimum absolute atomic E-state index is 0.210. The number of aryl methyl sites for hydroxylation is 1. The number of nitrogens with zero attached hydrogens (tertiary/aromatic N) is 3. The van der Waals surface area contributed by atoms with Gasteiger partial charge in [0.1, 0.15) is 11.5 Å². The summed E-state index contributed by atoms with van der Waals surface area (Å²) in [5, 5.41) is 3.71. The number of halogens is 1. The van der Waals surface area contributed by atoms with Gasteiger partial charge in [0.25, 0.3) is 5.91 Å². The van der Waals surface area contributed by atoms with Gasteiger partial charge in [0, 0.05) is 49.8 Å². The number of fused-ring (bicyclic) bond motifs is 1. The zero-order valence-electron chi connectivity index (χ0n) is 20.4. The minimum atomic E-state index is -0.599. The molecule has 2 aliphatic rings. The molecule has 0 spiro atoms. The van der Waals surface area contributed by atoms with Crippen molar-refractivity contribution < 1.29 is 23.1 Å². The highest BCUT2D eigenvalue weighted by atomic mass is 32.1. The summed E-state index contributed by atoms with van der Waals surface area (Å²) < 4.78 is 27.3. The van der Waals surface area contributed by atoms with Crippen LogP contribution in [-0.4, -0.2) is 45.6 Å². The third kappa shape index (κ3) is 4.61. The molecular formula is C27H27FN4O4S. The standard InChI is InChI=1S/C27H27FN4O4S/c1-31-20-11-13-35-21(20)14-22(31)36-27(34)29-15-17-6-4-5-12-32(17)26(33)23-24(18-7-2-3-8-19(18)28)37-25(30-23)16-9-10-16/h2-3,7-8,11,13-14,16-17H,4-6,9-10,12,15H2,1H3,(H,29,34)/t17-/m0/s1. The van der Waals surface area contributed by atoms with E-state index in [1.807, 2.05) is 0 Å². The summed E-state index contributed by atoms with van der Waals surface area (Å²) in [4.78, 5) is 33.5. The molecule has 1 atom stereocenters. The zero-order valence-corrected chi connectivity index (χ0v) is 21.2. The number of ether oxygens (including phenoxy) is 1. The Balaban J connectivity index is 1.19. The summed E-state index contributed by atoms with van der Waals surface area (Å²) >= 11 is 1.42. The van der Waals surface area contributed by atoms with Gasteiger partial charge in [-0.05, 0) is 38.2 Å². The monoisotopic (exact) mass is 522 g/mol. The number of piperidine rings is 1. The van der Waals surface area contributed by atoms with E-state index in [9.17, 15) is 14.0 Å². The van der Waals surface area contributed by atoms with E-state index < -0.39 is 6.09 Å². The molecule has 0 bridgehead atoms. The van der Waals surface area contributed by atoms with Crippen LogP contribution in [0.5, 0.6) is 5.88 Å². The summed E-state index contributed by atoms with van der Waals surface area (Å²) in [5.74, 6) is 0.136. The minimum Gasteiger partial charge on any atom is -0.463 e. The van der Waals surface area contributed by atoms with E-state index in [0.29, 0.717) is 40.1 Å². The number of amides is 2. The summed E-state index contributed by atoms with van der Waals surface area (Å²) in [6, 6.07) is 9.76. The molecule has 1 aromatic carbocycles. The number of nitrogens with one attached hydrogen (secondary N) is 1. The number of rotatable bonds is 6. The van der Waals surface area contributed by atoms with Gasteiger partial charge in [-0.2, -0.15) is 0 Å². The average molecular weight is 523 g/mol. The van der Waals surface area contributed by atoms with E-state index in [4.69, 9.17) is 14.1 Å². The van der Waals surface area contributed by atoms with E-state index in [-0.39, 0.29) is 24.3 Å². The van der Waals surface area contributed by atoms with Crippen LogP contribution in [0.15, 0.2) is 47.1 Å². The van der Waals surface area contributed by atoms with Gasteiger partial charge in [0.15, 0.2) is 5.58 Å². The molecular weight excluding hydrogens is 495 g/mol. The number of carbonyl (C=O) groups is 2. The van der Waals surface area contributed by atoms with Crippen LogP contribution in [0.25, 0.3) is 21.5 Å². The van der Waals surface area contributed by atoms with Crippen LogP contribution < -0.4 is 10.1 Å². The lowest BCUT2D eigenvalue weighted by Crippen LogP contribution is -2.50. The molecule has 1 N–H and O–H groups in total. The first-order valence-electron chi connectivity index (χ1n) is 12.5. The SMILES string of the molecule is Cn1c(OC(=O)NC[C@@H]2CCCCN2C(=O)c2nc(C3CC3)sc2-c2ccccc2F)cc2occc21. The van der Waals surface area contributed by atoms with Gasteiger partial charge in [-0.15, -0.1) is 11.3 Å². The van der Waals surface area contributed by atoms with Crippen LogP contribution in [0.2, 0.25) is 0 Å².